The van der Waals surface area contributed by atoms with Gasteiger partial charge < -0.3 is 4.98 Å². The number of piperidine rings is 1. The van der Waals surface area contributed by atoms with Crippen LogP contribution in [0.4, 0.5) is 0 Å². The first-order valence-electron chi connectivity index (χ1n) is 7.99. The minimum atomic E-state index is 0.765. The van der Waals surface area contributed by atoms with E-state index in [1.54, 1.807) is 0 Å². The first-order chi connectivity index (χ1) is 9.81. The number of hydrogen-bond acceptors (Lipinski definition) is 2. The van der Waals surface area contributed by atoms with Crippen LogP contribution in [0.3, 0.4) is 0 Å². The van der Waals surface area contributed by atoms with Gasteiger partial charge in [-0.15, -0.1) is 0 Å². The molecular formula is C17H23N3. The molecule has 1 atom stereocenters. The number of rotatable bonds is 3. The fraction of sp³-hybridized carbons (Fsp3) is 0.588. The molecule has 0 bridgehead atoms. The third-order valence-corrected chi connectivity index (χ3v) is 4.82. The van der Waals surface area contributed by atoms with Gasteiger partial charge in [-0.2, -0.15) is 0 Å². The van der Waals surface area contributed by atoms with E-state index in [9.17, 15) is 0 Å². The van der Waals surface area contributed by atoms with Crippen LogP contribution in [0, 0.1) is 5.92 Å². The lowest BCUT2D eigenvalue weighted by Gasteiger charge is -2.31. The Morgan fingerprint density at radius 3 is 3.05 bits per heavy atom. The molecule has 3 heterocycles. The predicted octanol–water partition coefficient (Wildman–Crippen LogP) is 3.67. The van der Waals surface area contributed by atoms with Gasteiger partial charge in [0.2, 0.25) is 0 Å². The topological polar surface area (TPSA) is 31.9 Å². The van der Waals surface area contributed by atoms with Gasteiger partial charge in [-0.05, 0) is 61.8 Å². The zero-order valence-electron chi connectivity index (χ0n) is 12.2. The van der Waals surface area contributed by atoms with E-state index in [1.165, 1.54) is 55.4 Å². The highest BCUT2D eigenvalue weighted by Gasteiger charge is 2.30. The van der Waals surface area contributed by atoms with Gasteiger partial charge in [0.1, 0.15) is 5.65 Å². The van der Waals surface area contributed by atoms with Crippen LogP contribution in [-0.2, 0) is 6.54 Å². The highest BCUT2D eigenvalue weighted by Crippen LogP contribution is 2.43. The van der Waals surface area contributed by atoms with E-state index in [0.29, 0.717) is 0 Å². The van der Waals surface area contributed by atoms with Crippen molar-refractivity contribution in [3.05, 3.63) is 29.6 Å². The van der Waals surface area contributed by atoms with Gasteiger partial charge in [-0.25, -0.2) is 4.98 Å². The van der Waals surface area contributed by atoms with Crippen molar-refractivity contribution in [2.45, 2.75) is 45.1 Å². The summed E-state index contributed by atoms with van der Waals surface area (Å²) in [6.45, 7) is 5.98. The number of likely N-dealkylation sites (tertiary alicyclic amines) is 1. The van der Waals surface area contributed by atoms with Crippen LogP contribution in [0.2, 0.25) is 0 Å². The lowest BCUT2D eigenvalue weighted by molar-refractivity contribution is 0.177. The molecule has 1 aliphatic carbocycles. The Balaban J connectivity index is 1.68. The Morgan fingerprint density at radius 2 is 2.25 bits per heavy atom. The van der Waals surface area contributed by atoms with E-state index in [-0.39, 0.29) is 0 Å². The number of H-pyrrole nitrogens is 1. The molecule has 0 radical (unpaired) electrons. The summed E-state index contributed by atoms with van der Waals surface area (Å²) in [7, 11) is 0. The van der Waals surface area contributed by atoms with Crippen molar-refractivity contribution in [3.8, 4) is 0 Å². The molecule has 4 rings (SSSR count). The molecule has 0 spiro atoms. The van der Waals surface area contributed by atoms with E-state index in [1.807, 2.05) is 6.20 Å². The van der Waals surface area contributed by atoms with Crippen LogP contribution in [0.5, 0.6) is 0 Å². The Kier molecular flexibility index (Phi) is 3.03. The molecule has 2 fully saturated rings. The van der Waals surface area contributed by atoms with Gasteiger partial charge in [0.05, 0.1) is 0 Å². The molecule has 1 N–H and O–H groups in total. The maximum absolute atomic E-state index is 4.51. The fourth-order valence-corrected chi connectivity index (χ4v) is 3.64. The Morgan fingerprint density at radius 1 is 1.35 bits per heavy atom. The summed E-state index contributed by atoms with van der Waals surface area (Å²) >= 11 is 0. The maximum Gasteiger partial charge on any atom is 0.137 e. The van der Waals surface area contributed by atoms with E-state index >= 15 is 0 Å². The third-order valence-electron chi connectivity index (χ3n) is 4.82. The highest BCUT2D eigenvalue weighted by molar-refractivity contribution is 5.81. The molecule has 2 aromatic heterocycles. The Hall–Kier alpha value is -1.35. The lowest BCUT2D eigenvalue weighted by Crippen LogP contribution is -2.33. The summed E-state index contributed by atoms with van der Waals surface area (Å²) < 4.78 is 0. The maximum atomic E-state index is 4.51. The van der Waals surface area contributed by atoms with Gasteiger partial charge in [0, 0.05) is 30.4 Å². The van der Waals surface area contributed by atoms with Crippen LogP contribution in [0.25, 0.3) is 11.0 Å². The van der Waals surface area contributed by atoms with Crippen LogP contribution in [0.1, 0.15) is 49.8 Å². The molecule has 1 aliphatic heterocycles. The smallest absolute Gasteiger partial charge is 0.137 e. The van der Waals surface area contributed by atoms with Crippen molar-refractivity contribution in [2.24, 2.45) is 5.92 Å². The van der Waals surface area contributed by atoms with Gasteiger partial charge in [-0.3, -0.25) is 4.90 Å². The van der Waals surface area contributed by atoms with Crippen LogP contribution >= 0.6 is 0 Å². The Labute approximate surface area is 120 Å². The first-order valence-corrected chi connectivity index (χ1v) is 7.99. The number of fused-ring (bicyclic) bond motifs is 1. The molecule has 3 nitrogen and oxygen atoms in total. The van der Waals surface area contributed by atoms with Crippen molar-refractivity contribution >= 4 is 11.0 Å². The normalized spacial score (nSPS) is 24.4. The number of aromatic nitrogens is 2. The number of nitrogens with zero attached hydrogens (tertiary/aromatic N) is 2. The molecule has 20 heavy (non-hydrogen) atoms. The van der Waals surface area contributed by atoms with Crippen molar-refractivity contribution < 1.29 is 0 Å². The van der Waals surface area contributed by atoms with Crippen molar-refractivity contribution in [1.82, 2.24) is 14.9 Å². The van der Waals surface area contributed by atoms with E-state index in [4.69, 9.17) is 0 Å². The van der Waals surface area contributed by atoms with Crippen molar-refractivity contribution in [1.29, 1.82) is 0 Å². The average molecular weight is 269 g/mol. The summed E-state index contributed by atoms with van der Waals surface area (Å²) in [6.07, 6.45) is 7.32. The first kappa shape index (κ1) is 12.4. The molecule has 106 valence electrons. The van der Waals surface area contributed by atoms with E-state index in [0.717, 1.165) is 24.0 Å². The SMILES string of the molecule is CC1CCCN(Cc2c(C3CC3)[nH]c3ncccc23)C1. The number of hydrogen-bond donors (Lipinski definition) is 1. The van der Waals surface area contributed by atoms with Crippen LogP contribution in [0.15, 0.2) is 18.3 Å². The molecule has 0 aromatic carbocycles. The summed E-state index contributed by atoms with van der Waals surface area (Å²) in [6, 6.07) is 4.29. The van der Waals surface area contributed by atoms with Crippen LogP contribution < -0.4 is 0 Å². The molecule has 2 aliphatic rings. The molecule has 0 amide bonds. The summed E-state index contributed by atoms with van der Waals surface area (Å²) in [5, 5.41) is 1.34. The van der Waals surface area contributed by atoms with E-state index < -0.39 is 0 Å². The second-order valence-corrected chi connectivity index (χ2v) is 6.67. The largest absolute Gasteiger partial charge is 0.343 e. The minimum absolute atomic E-state index is 0.765. The summed E-state index contributed by atoms with van der Waals surface area (Å²) in [4.78, 5) is 10.7. The summed E-state index contributed by atoms with van der Waals surface area (Å²) in [5.74, 6) is 1.61. The second-order valence-electron chi connectivity index (χ2n) is 6.67. The Bertz CT molecular complexity index is 612. The third kappa shape index (κ3) is 2.24. The second kappa shape index (κ2) is 4.88. The predicted molar refractivity (Wildman–Crippen MR) is 81.7 cm³/mol. The monoisotopic (exact) mass is 269 g/mol. The van der Waals surface area contributed by atoms with Crippen molar-refractivity contribution in [2.75, 3.05) is 13.1 Å². The van der Waals surface area contributed by atoms with Crippen molar-refractivity contribution in [3.63, 3.8) is 0 Å². The number of aromatic amines is 1. The molecular weight excluding hydrogens is 246 g/mol. The molecule has 3 heteroatoms. The number of pyridine rings is 1. The standard InChI is InChI=1S/C17H23N3/c1-12-4-3-9-20(10-12)11-15-14-5-2-8-18-17(14)19-16(15)13-6-7-13/h2,5,8,12-13H,3-4,6-7,9-11H2,1H3,(H,18,19). The fourth-order valence-electron chi connectivity index (χ4n) is 3.64. The van der Waals surface area contributed by atoms with E-state index in [2.05, 4.69) is 33.9 Å². The quantitative estimate of drug-likeness (QED) is 0.922. The average Bonchev–Trinajstić information content (AvgIpc) is 3.23. The van der Waals surface area contributed by atoms with Gasteiger partial charge >= 0.3 is 0 Å². The lowest BCUT2D eigenvalue weighted by atomic mass is 9.99. The molecule has 2 aromatic rings. The van der Waals surface area contributed by atoms with Gasteiger partial charge in [-0.1, -0.05) is 6.92 Å². The molecule has 1 saturated carbocycles. The zero-order valence-corrected chi connectivity index (χ0v) is 12.2. The van der Waals surface area contributed by atoms with Gasteiger partial charge in [0.15, 0.2) is 0 Å². The number of nitrogens with one attached hydrogen (secondary N) is 1. The van der Waals surface area contributed by atoms with Gasteiger partial charge in [0.25, 0.3) is 0 Å². The zero-order chi connectivity index (χ0) is 13.5. The molecule has 1 saturated heterocycles. The van der Waals surface area contributed by atoms with Crippen LogP contribution in [-0.4, -0.2) is 28.0 Å². The summed E-state index contributed by atoms with van der Waals surface area (Å²) in [5.41, 5.74) is 4.07. The minimum Gasteiger partial charge on any atom is -0.343 e. The highest BCUT2D eigenvalue weighted by atomic mass is 15.1. The molecule has 1 unspecified atom stereocenters.